The summed E-state index contributed by atoms with van der Waals surface area (Å²) in [6, 6.07) is 0. The fourth-order valence-electron chi connectivity index (χ4n) is 2.05. The number of carbonyl (C=O) groups is 4. The summed E-state index contributed by atoms with van der Waals surface area (Å²) in [6.07, 6.45) is -10.2. The number of ether oxygens (including phenoxy) is 2. The van der Waals surface area contributed by atoms with E-state index in [-0.39, 0.29) is 19.3 Å². The third-order valence-corrected chi connectivity index (χ3v) is 3.44. The van der Waals surface area contributed by atoms with Crippen LogP contribution >= 0.6 is 0 Å². The summed E-state index contributed by atoms with van der Waals surface area (Å²) in [5, 5.41) is 32.4. The Morgan fingerprint density at radius 2 is 1.54 bits per heavy atom. The van der Waals surface area contributed by atoms with E-state index < -0.39 is 67.6 Å². The molecule has 0 aliphatic rings. The van der Waals surface area contributed by atoms with Crippen molar-refractivity contribution in [1.82, 2.24) is 5.32 Å². The summed E-state index contributed by atoms with van der Waals surface area (Å²) >= 11 is 0. The molecular formula is C18H31NO9. The molecule has 162 valence electrons. The molecule has 6 atom stereocenters. The molecule has 0 radical (unpaired) electrons. The molecule has 4 N–H and O–H groups in total. The number of imide groups is 1. The van der Waals surface area contributed by atoms with Gasteiger partial charge in [-0.1, -0.05) is 20.8 Å². The summed E-state index contributed by atoms with van der Waals surface area (Å²) in [4.78, 5) is 47.0. The molecule has 0 aromatic rings. The van der Waals surface area contributed by atoms with Gasteiger partial charge in [0.15, 0.2) is 12.2 Å². The lowest BCUT2D eigenvalue weighted by atomic mass is 10.0. The van der Waals surface area contributed by atoms with Crippen LogP contribution in [0.2, 0.25) is 0 Å². The van der Waals surface area contributed by atoms with Crippen LogP contribution in [-0.2, 0) is 28.7 Å². The molecule has 10 heteroatoms. The Bertz CT molecular complexity index is 590. The van der Waals surface area contributed by atoms with Crippen molar-refractivity contribution < 1.29 is 46.7 Å². The molecule has 0 saturated carbocycles. The van der Waals surface area contributed by atoms with Crippen LogP contribution in [0.25, 0.3) is 0 Å². The van der Waals surface area contributed by atoms with Crippen molar-refractivity contribution >= 4 is 23.8 Å². The van der Waals surface area contributed by atoms with E-state index in [1.165, 1.54) is 6.92 Å². The van der Waals surface area contributed by atoms with Gasteiger partial charge >= 0.3 is 11.9 Å². The maximum absolute atomic E-state index is 12.0. The van der Waals surface area contributed by atoms with Crippen molar-refractivity contribution in [1.29, 1.82) is 0 Å². The molecule has 0 saturated heterocycles. The number of hydrogen-bond acceptors (Lipinski definition) is 9. The fourth-order valence-corrected chi connectivity index (χ4v) is 2.05. The predicted octanol–water partition coefficient (Wildman–Crippen LogP) is -0.433. The van der Waals surface area contributed by atoms with E-state index >= 15 is 0 Å². The number of esters is 2. The van der Waals surface area contributed by atoms with Crippen molar-refractivity contribution in [2.75, 3.05) is 6.61 Å². The average Bonchev–Trinajstić information content (AvgIpc) is 2.72. The lowest BCUT2D eigenvalue weighted by Gasteiger charge is -2.29. The van der Waals surface area contributed by atoms with Gasteiger partial charge in [0.1, 0.15) is 18.8 Å². The van der Waals surface area contributed by atoms with Gasteiger partial charge in [0, 0.05) is 22.0 Å². The topological polar surface area (TPSA) is 159 Å². The lowest BCUT2D eigenvalue weighted by molar-refractivity contribution is -0.181. The lowest BCUT2D eigenvalue weighted by Crippen LogP contribution is -2.54. The Kier molecular flexibility index (Phi) is 11.1. The zero-order valence-corrected chi connectivity index (χ0v) is 16.3. The molecule has 10 nitrogen and oxygen atoms in total. The molecular weight excluding hydrogens is 374 g/mol. The van der Waals surface area contributed by atoms with Crippen LogP contribution in [0.4, 0.5) is 0 Å². The fraction of sp³-hybridized carbons (Fsp3) is 0.778. The van der Waals surface area contributed by atoms with E-state index in [4.69, 9.17) is 12.2 Å². The first kappa shape index (κ1) is 22.3. The smallest absolute Gasteiger partial charge is 0.306 e. The molecule has 0 aliphatic heterocycles. The molecule has 0 bridgehead atoms. The average molecular weight is 407 g/mol. The largest absolute Gasteiger partial charge is 0.463 e. The Morgan fingerprint density at radius 3 is 2.07 bits per heavy atom. The van der Waals surface area contributed by atoms with E-state index in [0.717, 1.165) is 0 Å². The predicted molar refractivity (Wildman–Crippen MR) is 96.7 cm³/mol. The summed E-state index contributed by atoms with van der Waals surface area (Å²) in [7, 11) is 0. The monoisotopic (exact) mass is 407 g/mol. The molecule has 2 amide bonds. The summed E-state index contributed by atoms with van der Waals surface area (Å²) in [5.41, 5.74) is 0. The van der Waals surface area contributed by atoms with Gasteiger partial charge in [-0.3, -0.25) is 24.5 Å². The number of aliphatic hydroxyl groups is 3. The van der Waals surface area contributed by atoms with Crippen molar-refractivity contribution in [3.8, 4) is 0 Å². The van der Waals surface area contributed by atoms with E-state index in [2.05, 4.69) is 0 Å². The first-order chi connectivity index (χ1) is 14.0. The second kappa shape index (κ2) is 14.0. The van der Waals surface area contributed by atoms with Crippen LogP contribution in [0.3, 0.4) is 0 Å². The number of hydrogen-bond donors (Lipinski definition) is 4. The summed E-state index contributed by atoms with van der Waals surface area (Å²) in [5.74, 6) is -4.09. The van der Waals surface area contributed by atoms with Gasteiger partial charge in [-0.15, -0.1) is 0 Å². The van der Waals surface area contributed by atoms with Crippen LogP contribution < -0.4 is 5.32 Å². The highest BCUT2D eigenvalue weighted by molar-refractivity contribution is 5.97. The van der Waals surface area contributed by atoms with Crippen molar-refractivity contribution in [3.05, 3.63) is 0 Å². The first-order valence-electron chi connectivity index (χ1n) is 10.2. The number of nitrogens with one attached hydrogen (secondary N) is 1. The Morgan fingerprint density at radius 1 is 0.964 bits per heavy atom. The minimum absolute atomic E-state index is 0.00567. The number of amides is 2. The number of rotatable bonds is 13. The highest BCUT2D eigenvalue weighted by Crippen LogP contribution is 2.13. The van der Waals surface area contributed by atoms with E-state index in [1.54, 1.807) is 13.8 Å². The standard InChI is InChI=1S/C18H31NO9/c1-4-7-12(21)19-18(26)16(25)15(24)17(28-14(23)9-6-3)11(20)10-27-13(22)8-5-2/h11,15-17,20,24-25H,4-10H2,1-3H3,(H,19,21,26)/t11-,15-,16-,17-/m1/s1/i8D,9D/t8?,9?,11-,15-,16-,17-. The molecule has 0 aromatic heterocycles. The van der Waals surface area contributed by atoms with Crippen LogP contribution in [0.1, 0.15) is 62.0 Å². The second-order valence-electron chi connectivity index (χ2n) is 5.92. The SMILES string of the molecule is [2H]C(CC)C(=O)OC[C@@H](O)[C@@H](OC(=O)C([2H])CC)[C@H](O)[C@@H](O)C(=O)NC(=O)CCC. The highest BCUT2D eigenvalue weighted by Gasteiger charge is 2.39. The molecule has 0 fully saturated rings. The van der Waals surface area contributed by atoms with Crippen LogP contribution in [0, 0.1) is 0 Å². The van der Waals surface area contributed by atoms with Gasteiger partial charge in [-0.25, -0.2) is 0 Å². The first-order valence-corrected chi connectivity index (χ1v) is 9.09. The molecule has 0 aromatic carbocycles. The number of carbonyl (C=O) groups excluding carboxylic acids is 4. The van der Waals surface area contributed by atoms with Gasteiger partial charge in [0.2, 0.25) is 5.91 Å². The van der Waals surface area contributed by atoms with Gasteiger partial charge in [0.25, 0.3) is 5.91 Å². The minimum Gasteiger partial charge on any atom is -0.463 e. The third-order valence-electron chi connectivity index (χ3n) is 3.44. The third kappa shape index (κ3) is 9.77. The zero-order valence-electron chi connectivity index (χ0n) is 18.3. The minimum atomic E-state index is -2.26. The maximum atomic E-state index is 12.0. The Hall–Kier alpha value is -2.04. The summed E-state index contributed by atoms with van der Waals surface area (Å²) < 4.78 is 24.6. The second-order valence-corrected chi connectivity index (χ2v) is 5.92. The van der Waals surface area contributed by atoms with Gasteiger partial charge in [0.05, 0.1) is 0 Å². The van der Waals surface area contributed by atoms with Crippen LogP contribution in [-0.4, -0.2) is 70.1 Å². The number of aliphatic hydroxyl groups excluding tert-OH is 3. The molecule has 0 rings (SSSR count). The van der Waals surface area contributed by atoms with Gasteiger partial charge in [-0.05, 0) is 19.3 Å². The zero-order chi connectivity index (χ0) is 23.4. The molecule has 0 spiro atoms. The van der Waals surface area contributed by atoms with Crippen molar-refractivity contribution in [3.63, 3.8) is 0 Å². The van der Waals surface area contributed by atoms with Crippen LogP contribution in [0.5, 0.6) is 0 Å². The maximum Gasteiger partial charge on any atom is 0.306 e. The highest BCUT2D eigenvalue weighted by atomic mass is 16.6. The van der Waals surface area contributed by atoms with Crippen molar-refractivity contribution in [2.45, 2.75) is 83.7 Å². The molecule has 0 aliphatic carbocycles. The summed E-state index contributed by atoms with van der Waals surface area (Å²) in [6.45, 7) is 3.97. The van der Waals surface area contributed by atoms with E-state index in [0.29, 0.717) is 6.42 Å². The normalized spacial score (nSPS) is 18.4. The molecule has 28 heavy (non-hydrogen) atoms. The van der Waals surface area contributed by atoms with E-state index in [9.17, 15) is 34.5 Å². The quantitative estimate of drug-likeness (QED) is 0.297. The van der Waals surface area contributed by atoms with Gasteiger partial charge < -0.3 is 24.8 Å². The molecule has 0 heterocycles. The Labute approximate surface area is 167 Å². The Balaban J connectivity index is 5.34. The van der Waals surface area contributed by atoms with E-state index in [1.807, 2.05) is 5.32 Å². The van der Waals surface area contributed by atoms with Crippen LogP contribution in [0.15, 0.2) is 0 Å². The molecule has 2 unspecified atom stereocenters. The van der Waals surface area contributed by atoms with Crippen molar-refractivity contribution in [2.24, 2.45) is 0 Å². The van der Waals surface area contributed by atoms with Gasteiger partial charge in [-0.2, -0.15) is 0 Å².